The van der Waals surface area contributed by atoms with E-state index in [1.807, 2.05) is 0 Å². The highest BCUT2D eigenvalue weighted by Crippen LogP contribution is 2.67. The predicted octanol–water partition coefficient (Wildman–Crippen LogP) is 5.85. The fourth-order valence-electron chi connectivity index (χ4n) is 8.01. The van der Waals surface area contributed by atoms with Crippen LogP contribution in [-0.2, 0) is 11.8 Å². The molecule has 0 spiro atoms. The van der Waals surface area contributed by atoms with Crippen molar-refractivity contribution in [1.82, 2.24) is 0 Å². The van der Waals surface area contributed by atoms with Crippen LogP contribution in [0.2, 0.25) is 0 Å². The van der Waals surface area contributed by atoms with Gasteiger partial charge in [0.05, 0.1) is 19.8 Å². The second kappa shape index (κ2) is 6.65. The molecule has 160 valence electrons. The van der Waals surface area contributed by atoms with E-state index < -0.39 is 5.97 Å². The van der Waals surface area contributed by atoms with E-state index in [0.29, 0.717) is 28.6 Å². The van der Waals surface area contributed by atoms with E-state index in [4.69, 9.17) is 9.47 Å². The average molecular weight is 401 g/mol. The molecule has 0 bridgehead atoms. The summed E-state index contributed by atoms with van der Waals surface area (Å²) in [6, 6.07) is 1.69. The number of rotatable bonds is 3. The first-order valence-electron chi connectivity index (χ1n) is 11.1. The lowest BCUT2D eigenvalue weighted by atomic mass is 9.40. The van der Waals surface area contributed by atoms with Gasteiger partial charge in [0.1, 0.15) is 0 Å². The molecule has 4 nitrogen and oxygen atoms in total. The molecule has 1 aromatic rings. The summed E-state index contributed by atoms with van der Waals surface area (Å²) in [5.41, 5.74) is 2.96. The molecule has 0 radical (unpaired) electrons. The van der Waals surface area contributed by atoms with E-state index in [-0.39, 0.29) is 10.8 Å². The molecule has 29 heavy (non-hydrogen) atoms. The SMILES string of the molecule is COc1cc(C(=O)O)c2c(c1OC)CC[C@H]1[C@@]2(C)CCC2C(C)(C)CCC[C@@]21C. The maximum atomic E-state index is 12.3. The minimum absolute atomic E-state index is 0.139. The van der Waals surface area contributed by atoms with Crippen molar-refractivity contribution in [2.75, 3.05) is 14.2 Å². The molecular formula is C25H36O4. The standard InChI is InChI=1S/C25H36O4/c1-23(2)11-7-12-24(3)18(23)10-13-25(4)19(24)9-8-15-20(25)16(22(26)27)14-17(28-5)21(15)29-6/h14,18-19H,7-13H2,1-6H3,(H,26,27)/t18?,19-,24+,25-/m1/s1. The fraction of sp³-hybridized carbons (Fsp3) is 0.720. The summed E-state index contributed by atoms with van der Waals surface area (Å²) >= 11 is 0. The van der Waals surface area contributed by atoms with E-state index in [1.165, 1.54) is 25.7 Å². The molecule has 2 saturated carbocycles. The van der Waals surface area contributed by atoms with Crippen LogP contribution in [0.15, 0.2) is 6.07 Å². The molecule has 3 aliphatic rings. The first-order chi connectivity index (χ1) is 13.6. The van der Waals surface area contributed by atoms with Crippen LogP contribution in [0.4, 0.5) is 0 Å². The zero-order chi connectivity index (χ0) is 21.2. The minimum Gasteiger partial charge on any atom is -0.493 e. The van der Waals surface area contributed by atoms with Crippen molar-refractivity contribution in [2.45, 2.75) is 78.1 Å². The van der Waals surface area contributed by atoms with Crippen molar-refractivity contribution in [1.29, 1.82) is 0 Å². The van der Waals surface area contributed by atoms with E-state index in [2.05, 4.69) is 27.7 Å². The van der Waals surface area contributed by atoms with Crippen LogP contribution in [0.5, 0.6) is 11.5 Å². The van der Waals surface area contributed by atoms with Crippen LogP contribution in [0.1, 0.15) is 87.7 Å². The third kappa shape index (κ3) is 2.74. The molecule has 0 heterocycles. The average Bonchev–Trinajstić information content (AvgIpc) is 2.65. The minimum atomic E-state index is -0.861. The monoisotopic (exact) mass is 400 g/mol. The van der Waals surface area contributed by atoms with Crippen molar-refractivity contribution in [2.24, 2.45) is 22.7 Å². The van der Waals surface area contributed by atoms with E-state index >= 15 is 0 Å². The molecule has 0 aliphatic heterocycles. The predicted molar refractivity (Wildman–Crippen MR) is 114 cm³/mol. The fourth-order valence-corrected chi connectivity index (χ4v) is 8.01. The summed E-state index contributed by atoms with van der Waals surface area (Å²) in [7, 11) is 3.24. The Morgan fingerprint density at radius 3 is 2.38 bits per heavy atom. The molecule has 3 aliphatic carbocycles. The lowest BCUT2D eigenvalue weighted by molar-refractivity contribution is -0.110. The Kier molecular flexibility index (Phi) is 4.71. The van der Waals surface area contributed by atoms with Gasteiger partial charge in [-0.1, -0.05) is 34.1 Å². The molecule has 0 amide bonds. The highest BCUT2D eigenvalue weighted by Gasteiger charge is 2.60. The Labute approximate surface area is 175 Å². The molecule has 2 fully saturated rings. The number of benzene rings is 1. The van der Waals surface area contributed by atoms with Gasteiger partial charge in [-0.25, -0.2) is 4.79 Å². The molecule has 1 unspecified atom stereocenters. The number of methoxy groups -OCH3 is 2. The van der Waals surface area contributed by atoms with Crippen molar-refractivity contribution < 1.29 is 19.4 Å². The summed E-state index contributed by atoms with van der Waals surface area (Å²) in [5, 5.41) is 10.1. The zero-order valence-electron chi connectivity index (χ0n) is 18.9. The molecule has 1 N–H and O–H groups in total. The number of carbonyl (C=O) groups is 1. The van der Waals surface area contributed by atoms with Gasteiger partial charge in [-0.15, -0.1) is 0 Å². The summed E-state index contributed by atoms with van der Waals surface area (Å²) < 4.78 is 11.2. The molecule has 0 aromatic heterocycles. The van der Waals surface area contributed by atoms with Crippen LogP contribution in [0, 0.1) is 22.7 Å². The molecule has 4 atom stereocenters. The van der Waals surface area contributed by atoms with Gasteiger partial charge >= 0.3 is 5.97 Å². The van der Waals surface area contributed by atoms with Gasteiger partial charge in [0, 0.05) is 5.56 Å². The van der Waals surface area contributed by atoms with Crippen molar-refractivity contribution >= 4 is 5.97 Å². The quantitative estimate of drug-likeness (QED) is 0.691. The van der Waals surface area contributed by atoms with Gasteiger partial charge in [0.25, 0.3) is 0 Å². The maximum absolute atomic E-state index is 12.3. The van der Waals surface area contributed by atoms with E-state index in [9.17, 15) is 9.90 Å². The highest BCUT2D eigenvalue weighted by molar-refractivity contribution is 5.92. The molecule has 0 saturated heterocycles. The van der Waals surface area contributed by atoms with Gasteiger partial charge in [-0.2, -0.15) is 0 Å². The van der Waals surface area contributed by atoms with Gasteiger partial charge in [-0.05, 0) is 78.2 Å². The van der Waals surface area contributed by atoms with Gasteiger partial charge in [-0.3, -0.25) is 0 Å². The number of carboxylic acids is 1. The Balaban J connectivity index is 1.92. The number of hydrogen-bond donors (Lipinski definition) is 1. The molecule has 1 aromatic carbocycles. The highest BCUT2D eigenvalue weighted by atomic mass is 16.5. The van der Waals surface area contributed by atoms with Gasteiger partial charge in [0.15, 0.2) is 11.5 Å². The number of hydrogen-bond acceptors (Lipinski definition) is 3. The van der Waals surface area contributed by atoms with Gasteiger partial charge in [0.2, 0.25) is 0 Å². The van der Waals surface area contributed by atoms with E-state index in [0.717, 1.165) is 36.1 Å². The smallest absolute Gasteiger partial charge is 0.336 e. The normalized spacial score (nSPS) is 35.1. The van der Waals surface area contributed by atoms with Crippen LogP contribution in [0.25, 0.3) is 0 Å². The summed E-state index contributed by atoms with van der Waals surface area (Å²) in [5.74, 6) is 1.60. The lowest BCUT2D eigenvalue weighted by Gasteiger charge is -2.64. The Bertz CT molecular complexity index is 842. The second-order valence-electron chi connectivity index (χ2n) is 10.8. The number of carboxylic acid groups (broad SMARTS) is 1. The topological polar surface area (TPSA) is 55.8 Å². The van der Waals surface area contributed by atoms with Crippen molar-refractivity contribution in [3.8, 4) is 11.5 Å². The molecule has 4 heteroatoms. The summed E-state index contributed by atoms with van der Waals surface area (Å²) in [6.07, 6.45) is 8.00. The maximum Gasteiger partial charge on any atom is 0.336 e. The van der Waals surface area contributed by atoms with Crippen molar-refractivity contribution in [3.05, 3.63) is 22.8 Å². The second-order valence-corrected chi connectivity index (χ2v) is 10.8. The first-order valence-corrected chi connectivity index (χ1v) is 11.1. The zero-order valence-corrected chi connectivity index (χ0v) is 18.9. The Hall–Kier alpha value is -1.71. The largest absolute Gasteiger partial charge is 0.493 e. The number of fused-ring (bicyclic) bond motifs is 5. The van der Waals surface area contributed by atoms with E-state index in [1.54, 1.807) is 20.3 Å². The van der Waals surface area contributed by atoms with Crippen LogP contribution >= 0.6 is 0 Å². The summed E-state index contributed by atoms with van der Waals surface area (Å²) in [4.78, 5) is 12.3. The van der Waals surface area contributed by atoms with Crippen molar-refractivity contribution in [3.63, 3.8) is 0 Å². The number of ether oxygens (including phenoxy) is 2. The first kappa shape index (κ1) is 20.6. The molecule has 4 rings (SSSR count). The lowest BCUT2D eigenvalue weighted by Crippen LogP contribution is -2.58. The Morgan fingerprint density at radius 2 is 1.76 bits per heavy atom. The third-order valence-electron chi connectivity index (χ3n) is 9.05. The number of aromatic carboxylic acids is 1. The Morgan fingerprint density at radius 1 is 1.03 bits per heavy atom. The molecular weight excluding hydrogens is 364 g/mol. The summed E-state index contributed by atoms with van der Waals surface area (Å²) in [6.45, 7) is 9.74. The third-order valence-corrected chi connectivity index (χ3v) is 9.05. The van der Waals surface area contributed by atoms with Crippen LogP contribution in [-0.4, -0.2) is 25.3 Å². The van der Waals surface area contributed by atoms with Crippen LogP contribution in [0.3, 0.4) is 0 Å². The van der Waals surface area contributed by atoms with Gasteiger partial charge < -0.3 is 14.6 Å². The van der Waals surface area contributed by atoms with Crippen LogP contribution < -0.4 is 9.47 Å².